The normalized spacial score (nSPS) is 18.7. The number of rotatable bonds is 30. The van der Waals surface area contributed by atoms with Gasteiger partial charge >= 0.3 is 7.82 Å². The van der Waals surface area contributed by atoms with Crippen molar-refractivity contribution in [2.24, 2.45) is 0 Å². The Morgan fingerprint density at radius 1 is 0.982 bits per heavy atom. The number of anilines is 1. The van der Waals surface area contributed by atoms with Crippen LogP contribution in [0.25, 0.3) is 5.52 Å². The zero-order valence-electron chi connectivity index (χ0n) is 33.7. The minimum Gasteiger partial charge on any atom is -0.382 e. The number of hydrogen-bond acceptors (Lipinski definition) is 10. The summed E-state index contributed by atoms with van der Waals surface area (Å²) in [5, 5.41) is 13.5. The van der Waals surface area contributed by atoms with Crippen molar-refractivity contribution in [2.45, 2.75) is 154 Å². The second-order valence-corrected chi connectivity index (χ2v) is 16.9. The van der Waals surface area contributed by atoms with Crippen LogP contribution < -0.4 is 5.73 Å². The number of aromatic nitrogens is 3. The van der Waals surface area contributed by atoms with E-state index in [1.165, 1.54) is 108 Å². The van der Waals surface area contributed by atoms with Gasteiger partial charge in [-0.05, 0) is 68.5 Å². The van der Waals surface area contributed by atoms with Gasteiger partial charge < -0.3 is 24.8 Å². The molecule has 56 heavy (non-hydrogen) atoms. The number of nitriles is 1. The molecular formula is C42H65FN5O7P. The topological polar surface area (TPSA) is 163 Å². The molecule has 0 bridgehead atoms. The highest BCUT2D eigenvalue weighted by molar-refractivity contribution is 7.47. The third-order valence-corrected chi connectivity index (χ3v) is 11.4. The van der Waals surface area contributed by atoms with Crippen LogP contribution in [0, 0.1) is 17.1 Å². The maximum Gasteiger partial charge on any atom is 0.472 e. The van der Waals surface area contributed by atoms with E-state index in [4.69, 9.17) is 29.0 Å². The van der Waals surface area contributed by atoms with E-state index in [0.717, 1.165) is 18.5 Å². The van der Waals surface area contributed by atoms with Crippen molar-refractivity contribution in [1.82, 2.24) is 14.6 Å². The van der Waals surface area contributed by atoms with E-state index in [0.29, 0.717) is 42.8 Å². The van der Waals surface area contributed by atoms with Gasteiger partial charge in [-0.15, -0.1) is 0 Å². The number of phosphoric ester groups is 1. The molecule has 0 aliphatic carbocycles. The van der Waals surface area contributed by atoms with Gasteiger partial charge in [-0.1, -0.05) is 103 Å². The summed E-state index contributed by atoms with van der Waals surface area (Å²) in [6, 6.07) is 9.83. The lowest BCUT2D eigenvalue weighted by atomic mass is 10.0. The number of nitrogens with zero attached hydrogens (tertiary/aromatic N) is 4. The Balaban J connectivity index is 1.14. The van der Waals surface area contributed by atoms with Crippen molar-refractivity contribution in [1.29, 1.82) is 5.26 Å². The average molecular weight is 802 g/mol. The van der Waals surface area contributed by atoms with Gasteiger partial charge in [-0.2, -0.15) is 10.4 Å². The fourth-order valence-electron chi connectivity index (χ4n) is 7.18. The third kappa shape index (κ3) is 16.5. The highest BCUT2D eigenvalue weighted by Crippen LogP contribution is 2.47. The molecule has 3 aromatic rings. The average Bonchev–Trinajstić information content (AvgIpc) is 3.80. The van der Waals surface area contributed by atoms with Crippen LogP contribution in [0.15, 0.2) is 36.7 Å². The van der Waals surface area contributed by atoms with Gasteiger partial charge in [0.15, 0.2) is 5.82 Å². The molecule has 3 N–H and O–H groups in total. The van der Waals surface area contributed by atoms with Crippen LogP contribution in [0.1, 0.15) is 152 Å². The van der Waals surface area contributed by atoms with Crippen molar-refractivity contribution < 1.29 is 37.1 Å². The van der Waals surface area contributed by atoms with Crippen molar-refractivity contribution in [2.75, 3.05) is 38.8 Å². The summed E-state index contributed by atoms with van der Waals surface area (Å²) < 4.78 is 57.8. The highest BCUT2D eigenvalue weighted by atomic mass is 31.2. The lowest BCUT2D eigenvalue weighted by Crippen LogP contribution is -2.30. The van der Waals surface area contributed by atoms with E-state index in [1.807, 2.05) is 25.1 Å². The van der Waals surface area contributed by atoms with Crippen molar-refractivity contribution >= 4 is 19.2 Å². The number of hydrogen-bond donors (Lipinski definition) is 2. The maximum atomic E-state index is 14.0. The SMILES string of the molecule is CCCCCCCCCCCCCCCCCCOCC(COP(=O)(O)OC[C@]1(C)CCC(c2ccc3c(N)ncnn23)O1)OCCc1cc(F)cc(C#N)c1. The van der Waals surface area contributed by atoms with Crippen LogP contribution in [0.5, 0.6) is 0 Å². The molecule has 2 aromatic heterocycles. The molecule has 1 aromatic carbocycles. The molecule has 14 heteroatoms. The molecular weight excluding hydrogens is 736 g/mol. The predicted molar refractivity (Wildman–Crippen MR) is 216 cm³/mol. The standard InChI is InChI=1S/C42H65FN5O7P/c1-3-4-5-6-7-8-9-10-11-12-13-14-15-16-17-18-24-51-30-37(52-25-22-34-26-35(29-44)28-36(43)27-34)31-53-56(49,50)54-32-42(2)23-21-40(55-42)38-19-20-39-41(45)46-33-47-48(38)39/h19-20,26-28,33,37,40H,3-18,21-25,30-32H2,1-2H3,(H,49,50)(H2,45,46,47)/t37?,40?,42-/m0/s1. The number of phosphoric acid groups is 1. The summed E-state index contributed by atoms with van der Waals surface area (Å²) in [5.41, 5.74) is 7.47. The van der Waals surface area contributed by atoms with Crippen molar-refractivity contribution in [3.05, 3.63) is 59.3 Å². The van der Waals surface area contributed by atoms with Crippen molar-refractivity contribution in [3.8, 4) is 6.07 Å². The van der Waals surface area contributed by atoms with Crippen LogP contribution in [0.4, 0.5) is 10.2 Å². The lowest BCUT2D eigenvalue weighted by molar-refractivity contribution is -0.0692. The number of nitrogen functional groups attached to an aromatic ring is 1. The van der Waals surface area contributed by atoms with Crippen molar-refractivity contribution in [3.63, 3.8) is 0 Å². The maximum absolute atomic E-state index is 14.0. The number of nitrogens with two attached hydrogens (primary N) is 1. The zero-order chi connectivity index (χ0) is 40.1. The highest BCUT2D eigenvalue weighted by Gasteiger charge is 2.40. The molecule has 0 spiro atoms. The van der Waals surface area contributed by atoms with Crippen LogP contribution in [-0.2, 0) is 34.2 Å². The Labute approximate surface area is 333 Å². The first-order chi connectivity index (χ1) is 27.1. The summed E-state index contributed by atoms with van der Waals surface area (Å²) in [4.78, 5) is 14.7. The number of unbranched alkanes of at least 4 members (excludes halogenated alkanes) is 15. The smallest absolute Gasteiger partial charge is 0.382 e. The van der Waals surface area contributed by atoms with E-state index >= 15 is 0 Å². The number of fused-ring (bicyclic) bond motifs is 1. The summed E-state index contributed by atoms with van der Waals surface area (Å²) in [6.07, 6.45) is 22.6. The van der Waals surface area contributed by atoms with Gasteiger partial charge in [-0.3, -0.25) is 9.05 Å². The fourth-order valence-corrected chi connectivity index (χ4v) is 8.04. The first-order valence-electron chi connectivity index (χ1n) is 20.9. The number of ether oxygens (including phenoxy) is 3. The number of halogens is 1. The van der Waals surface area contributed by atoms with E-state index in [-0.39, 0.29) is 38.1 Å². The molecule has 1 fully saturated rings. The van der Waals surface area contributed by atoms with Gasteiger partial charge in [0.05, 0.1) is 49.4 Å². The molecule has 12 nitrogen and oxygen atoms in total. The minimum atomic E-state index is -4.50. The van der Waals surface area contributed by atoms with Gasteiger partial charge in [0.2, 0.25) is 0 Å². The van der Waals surface area contributed by atoms with Crippen LogP contribution in [-0.4, -0.2) is 64.2 Å². The largest absolute Gasteiger partial charge is 0.472 e. The third-order valence-electron chi connectivity index (χ3n) is 10.4. The van der Waals surface area contributed by atoms with E-state index in [1.54, 1.807) is 10.6 Å². The molecule has 4 atom stereocenters. The Morgan fingerprint density at radius 2 is 1.64 bits per heavy atom. The van der Waals surface area contributed by atoms with Crippen LogP contribution >= 0.6 is 7.82 Å². The molecule has 1 aliphatic rings. The Morgan fingerprint density at radius 3 is 2.30 bits per heavy atom. The molecule has 0 amide bonds. The van der Waals surface area contributed by atoms with Gasteiger partial charge in [0.1, 0.15) is 29.9 Å². The first-order valence-corrected chi connectivity index (χ1v) is 22.4. The van der Waals surface area contributed by atoms with Gasteiger partial charge in [0.25, 0.3) is 0 Å². The van der Waals surface area contributed by atoms with E-state index in [9.17, 15) is 19.1 Å². The molecule has 1 saturated heterocycles. The molecule has 0 radical (unpaired) electrons. The lowest BCUT2D eigenvalue weighted by Gasteiger charge is -2.26. The Bertz CT molecular complexity index is 1670. The van der Waals surface area contributed by atoms with E-state index < -0.39 is 25.3 Å². The second-order valence-electron chi connectivity index (χ2n) is 15.4. The summed E-state index contributed by atoms with van der Waals surface area (Å²) in [7, 11) is -4.50. The summed E-state index contributed by atoms with van der Waals surface area (Å²) in [5.74, 6) is -0.130. The monoisotopic (exact) mass is 801 g/mol. The predicted octanol–water partition coefficient (Wildman–Crippen LogP) is 9.97. The summed E-state index contributed by atoms with van der Waals surface area (Å²) >= 11 is 0. The van der Waals surface area contributed by atoms with Gasteiger partial charge in [0, 0.05) is 6.61 Å². The van der Waals surface area contributed by atoms with Crippen LogP contribution in [0.3, 0.4) is 0 Å². The molecule has 3 heterocycles. The Hall–Kier alpha value is -2.95. The number of benzene rings is 1. The molecule has 4 rings (SSSR count). The van der Waals surface area contributed by atoms with Crippen LogP contribution in [0.2, 0.25) is 0 Å². The fraction of sp³-hybridized carbons (Fsp3) is 0.690. The van der Waals surface area contributed by atoms with Gasteiger partial charge in [-0.25, -0.2) is 18.5 Å². The molecule has 3 unspecified atom stereocenters. The summed E-state index contributed by atoms with van der Waals surface area (Å²) in [6.45, 7) is 4.52. The first kappa shape index (κ1) is 45.7. The minimum absolute atomic E-state index is 0.146. The second kappa shape index (κ2) is 24.7. The quantitative estimate of drug-likeness (QED) is 0.0487. The Kier molecular flexibility index (Phi) is 20.2. The van der Waals surface area contributed by atoms with E-state index in [2.05, 4.69) is 17.0 Å². The molecule has 312 valence electrons. The zero-order valence-corrected chi connectivity index (χ0v) is 34.6. The molecule has 0 saturated carbocycles. The molecule has 1 aliphatic heterocycles.